The minimum absolute atomic E-state index is 0. The highest BCUT2D eigenvalue weighted by Crippen LogP contribution is 2.17. The second-order valence-corrected chi connectivity index (χ2v) is 5.25. The van der Waals surface area contributed by atoms with E-state index in [1.807, 2.05) is 6.92 Å². The molecular formula is C12H24ClN3O2. The zero-order valence-electron chi connectivity index (χ0n) is 10.9. The molecular weight excluding hydrogens is 254 g/mol. The number of morpholine rings is 1. The van der Waals surface area contributed by atoms with Gasteiger partial charge in [-0.1, -0.05) is 0 Å². The van der Waals surface area contributed by atoms with Gasteiger partial charge in [0.1, 0.15) is 6.10 Å². The van der Waals surface area contributed by atoms with Crippen molar-refractivity contribution in [1.29, 1.82) is 0 Å². The Bertz CT molecular complexity index is 272. The average molecular weight is 278 g/mol. The van der Waals surface area contributed by atoms with Crippen LogP contribution in [0.1, 0.15) is 19.8 Å². The summed E-state index contributed by atoms with van der Waals surface area (Å²) in [4.78, 5) is 13.5. The summed E-state index contributed by atoms with van der Waals surface area (Å²) < 4.78 is 5.54. The van der Waals surface area contributed by atoms with E-state index in [9.17, 15) is 4.79 Å². The molecule has 2 atom stereocenters. The Morgan fingerprint density at radius 1 is 1.39 bits per heavy atom. The Hall–Kier alpha value is -0.360. The molecule has 5 nitrogen and oxygen atoms in total. The number of ether oxygens (including phenoxy) is 1. The van der Waals surface area contributed by atoms with Crippen LogP contribution in [-0.4, -0.2) is 55.7 Å². The summed E-state index contributed by atoms with van der Waals surface area (Å²) in [7, 11) is 0. The highest BCUT2D eigenvalue weighted by molar-refractivity contribution is 5.85. The van der Waals surface area contributed by atoms with Gasteiger partial charge in [0, 0.05) is 19.6 Å². The normalized spacial score (nSPS) is 30.7. The molecule has 2 aliphatic heterocycles. The predicted molar refractivity (Wildman–Crippen MR) is 72.8 cm³/mol. The van der Waals surface area contributed by atoms with Crippen LogP contribution in [0.15, 0.2) is 0 Å². The lowest BCUT2D eigenvalue weighted by atomic mass is 9.97. The zero-order valence-corrected chi connectivity index (χ0v) is 11.7. The van der Waals surface area contributed by atoms with Gasteiger partial charge in [-0.05, 0) is 38.8 Å². The second-order valence-electron chi connectivity index (χ2n) is 5.25. The number of carbonyl (C=O) groups excluding carboxylic acids is 1. The fraction of sp³-hybridized carbons (Fsp3) is 0.917. The predicted octanol–water partition coefficient (Wildman–Crippen LogP) is -0.0176. The average Bonchev–Trinajstić information content (AvgIpc) is 2.29. The fourth-order valence-corrected chi connectivity index (χ4v) is 2.77. The lowest BCUT2D eigenvalue weighted by Crippen LogP contribution is -2.53. The van der Waals surface area contributed by atoms with Gasteiger partial charge in [0.25, 0.3) is 0 Å². The third kappa shape index (κ3) is 4.39. The van der Waals surface area contributed by atoms with E-state index in [4.69, 9.17) is 10.5 Å². The molecule has 2 aliphatic rings. The summed E-state index contributed by atoms with van der Waals surface area (Å²) in [6.45, 7) is 6.87. The molecule has 106 valence electrons. The van der Waals surface area contributed by atoms with E-state index >= 15 is 0 Å². The molecule has 0 bridgehead atoms. The quantitative estimate of drug-likeness (QED) is 0.761. The van der Waals surface area contributed by atoms with Crippen LogP contribution in [-0.2, 0) is 9.53 Å². The number of primary amides is 1. The first-order valence-corrected chi connectivity index (χ1v) is 6.53. The van der Waals surface area contributed by atoms with E-state index in [2.05, 4.69) is 10.2 Å². The number of hydrogen-bond donors (Lipinski definition) is 2. The molecule has 3 N–H and O–H groups in total. The molecule has 0 radical (unpaired) electrons. The number of rotatable bonds is 3. The topological polar surface area (TPSA) is 67.6 Å². The number of halogens is 1. The van der Waals surface area contributed by atoms with Crippen molar-refractivity contribution in [3.05, 3.63) is 0 Å². The number of piperidine rings is 1. The van der Waals surface area contributed by atoms with Crippen LogP contribution in [0.3, 0.4) is 0 Å². The van der Waals surface area contributed by atoms with E-state index < -0.39 is 6.10 Å². The molecule has 0 aromatic heterocycles. The summed E-state index contributed by atoms with van der Waals surface area (Å²) >= 11 is 0. The van der Waals surface area contributed by atoms with Crippen molar-refractivity contribution in [2.24, 2.45) is 11.7 Å². The monoisotopic (exact) mass is 277 g/mol. The molecule has 0 saturated carbocycles. The standard InChI is InChI=1S/C12H23N3O2.ClH/c1-9-6-15(8-11(17-9)12(13)16)7-10-2-4-14-5-3-10;/h9-11,14H,2-8H2,1H3,(H2,13,16);1H/t9-,11?;/m1./s1. The summed E-state index contributed by atoms with van der Waals surface area (Å²) in [6.07, 6.45) is 2.13. The molecule has 1 unspecified atom stereocenters. The first-order chi connectivity index (χ1) is 8.15. The maximum absolute atomic E-state index is 11.2. The Labute approximate surface area is 115 Å². The summed E-state index contributed by atoms with van der Waals surface area (Å²) in [5.41, 5.74) is 5.32. The van der Waals surface area contributed by atoms with Gasteiger partial charge in [-0.15, -0.1) is 12.4 Å². The molecule has 0 spiro atoms. The number of carbonyl (C=O) groups is 1. The molecule has 1 amide bonds. The van der Waals surface area contributed by atoms with E-state index in [0.717, 1.165) is 32.1 Å². The molecule has 18 heavy (non-hydrogen) atoms. The molecule has 6 heteroatoms. The van der Waals surface area contributed by atoms with Crippen LogP contribution in [0.4, 0.5) is 0 Å². The van der Waals surface area contributed by atoms with Crippen molar-refractivity contribution >= 4 is 18.3 Å². The Balaban J connectivity index is 0.00000162. The summed E-state index contributed by atoms with van der Waals surface area (Å²) in [5, 5.41) is 3.37. The smallest absolute Gasteiger partial charge is 0.247 e. The van der Waals surface area contributed by atoms with Gasteiger partial charge in [0.2, 0.25) is 5.91 Å². The third-order valence-corrected chi connectivity index (χ3v) is 3.63. The van der Waals surface area contributed by atoms with E-state index in [0.29, 0.717) is 6.54 Å². The maximum Gasteiger partial charge on any atom is 0.247 e. The van der Waals surface area contributed by atoms with Gasteiger partial charge < -0.3 is 15.8 Å². The van der Waals surface area contributed by atoms with Gasteiger partial charge in [0.15, 0.2) is 0 Å². The molecule has 2 rings (SSSR count). The van der Waals surface area contributed by atoms with Crippen LogP contribution in [0, 0.1) is 5.92 Å². The SMILES string of the molecule is C[C@@H]1CN(CC2CCNCC2)CC(C(N)=O)O1.Cl. The number of amides is 1. The van der Waals surface area contributed by atoms with Crippen molar-refractivity contribution < 1.29 is 9.53 Å². The summed E-state index contributed by atoms with van der Waals surface area (Å²) in [6, 6.07) is 0. The van der Waals surface area contributed by atoms with Crippen molar-refractivity contribution in [1.82, 2.24) is 10.2 Å². The maximum atomic E-state index is 11.2. The van der Waals surface area contributed by atoms with E-state index in [1.54, 1.807) is 0 Å². The Kier molecular flexibility index (Phi) is 6.35. The fourth-order valence-electron chi connectivity index (χ4n) is 2.77. The van der Waals surface area contributed by atoms with Crippen LogP contribution in [0.5, 0.6) is 0 Å². The number of hydrogen-bond acceptors (Lipinski definition) is 4. The number of nitrogens with one attached hydrogen (secondary N) is 1. The Morgan fingerprint density at radius 3 is 2.67 bits per heavy atom. The van der Waals surface area contributed by atoms with Crippen molar-refractivity contribution in [2.45, 2.75) is 32.0 Å². The minimum Gasteiger partial charge on any atom is -0.367 e. The number of nitrogens with zero attached hydrogens (tertiary/aromatic N) is 1. The third-order valence-electron chi connectivity index (χ3n) is 3.63. The highest BCUT2D eigenvalue weighted by atomic mass is 35.5. The van der Waals surface area contributed by atoms with Crippen molar-refractivity contribution in [2.75, 3.05) is 32.7 Å². The van der Waals surface area contributed by atoms with Crippen LogP contribution in [0.25, 0.3) is 0 Å². The van der Waals surface area contributed by atoms with Gasteiger partial charge in [0.05, 0.1) is 6.10 Å². The lowest BCUT2D eigenvalue weighted by molar-refractivity contribution is -0.142. The molecule has 0 aliphatic carbocycles. The van der Waals surface area contributed by atoms with Crippen LogP contribution >= 0.6 is 12.4 Å². The van der Waals surface area contributed by atoms with Crippen molar-refractivity contribution in [3.63, 3.8) is 0 Å². The lowest BCUT2D eigenvalue weighted by Gasteiger charge is -2.38. The highest BCUT2D eigenvalue weighted by Gasteiger charge is 2.30. The zero-order chi connectivity index (χ0) is 12.3. The first-order valence-electron chi connectivity index (χ1n) is 6.53. The largest absolute Gasteiger partial charge is 0.367 e. The molecule has 2 fully saturated rings. The van der Waals surface area contributed by atoms with Crippen LogP contribution < -0.4 is 11.1 Å². The molecule has 0 aromatic carbocycles. The summed E-state index contributed by atoms with van der Waals surface area (Å²) in [5.74, 6) is 0.405. The minimum atomic E-state index is -0.430. The van der Waals surface area contributed by atoms with E-state index in [-0.39, 0.29) is 24.4 Å². The van der Waals surface area contributed by atoms with E-state index in [1.165, 1.54) is 12.8 Å². The molecule has 0 aromatic rings. The second kappa shape index (κ2) is 7.28. The van der Waals surface area contributed by atoms with Gasteiger partial charge in [-0.3, -0.25) is 9.69 Å². The van der Waals surface area contributed by atoms with Gasteiger partial charge in [-0.25, -0.2) is 0 Å². The van der Waals surface area contributed by atoms with Gasteiger partial charge >= 0.3 is 0 Å². The van der Waals surface area contributed by atoms with Gasteiger partial charge in [-0.2, -0.15) is 0 Å². The molecule has 2 saturated heterocycles. The molecule has 2 heterocycles. The Morgan fingerprint density at radius 2 is 2.06 bits per heavy atom. The number of nitrogens with two attached hydrogens (primary N) is 1. The van der Waals surface area contributed by atoms with Crippen molar-refractivity contribution in [3.8, 4) is 0 Å². The first kappa shape index (κ1) is 15.7. The van der Waals surface area contributed by atoms with Crippen LogP contribution in [0.2, 0.25) is 0 Å².